The Labute approximate surface area is 231 Å². The lowest BCUT2D eigenvalue weighted by molar-refractivity contribution is 0.477. The zero-order valence-electron chi connectivity index (χ0n) is 21.5. The number of hydrogen-bond donors (Lipinski definition) is 1. The van der Waals surface area contributed by atoms with Gasteiger partial charge < -0.3 is 5.11 Å². The van der Waals surface area contributed by atoms with Crippen LogP contribution in [-0.2, 0) is 0 Å². The number of fused-ring (bicyclic) bond motifs is 1. The second-order valence-electron chi connectivity index (χ2n) is 9.53. The normalized spacial score (nSPS) is 11.1. The number of aromatic hydroxyl groups is 1. The predicted molar refractivity (Wildman–Crippen MR) is 160 cm³/mol. The molecule has 3 heterocycles. The molecule has 1 N–H and O–H groups in total. The molecule has 0 aliphatic heterocycles. The third kappa shape index (κ3) is 4.20. The number of hydrogen-bond acceptors (Lipinski definition) is 4. The van der Waals surface area contributed by atoms with Crippen molar-refractivity contribution in [3.05, 3.63) is 140 Å². The molecule has 0 amide bonds. The number of para-hydroxylation sites is 2. The van der Waals surface area contributed by atoms with Gasteiger partial charge in [0.25, 0.3) is 0 Å². The number of phenolic OH excluding ortho intramolecular Hbond substituents is 1. The molecule has 0 bridgehead atoms. The lowest BCUT2D eigenvalue weighted by atomic mass is 10.0. The molecule has 5 heteroatoms. The minimum atomic E-state index is 0.177. The van der Waals surface area contributed by atoms with Crippen molar-refractivity contribution >= 4 is 11.0 Å². The zero-order valence-corrected chi connectivity index (χ0v) is 21.5. The van der Waals surface area contributed by atoms with Crippen molar-refractivity contribution in [1.82, 2.24) is 19.5 Å². The van der Waals surface area contributed by atoms with E-state index in [1.807, 2.05) is 103 Å². The summed E-state index contributed by atoms with van der Waals surface area (Å²) in [7, 11) is 0. The Morgan fingerprint density at radius 2 is 1.25 bits per heavy atom. The largest absolute Gasteiger partial charge is 0.507 e. The number of imidazole rings is 1. The van der Waals surface area contributed by atoms with Crippen LogP contribution in [0, 0.1) is 0 Å². The van der Waals surface area contributed by atoms with E-state index in [2.05, 4.69) is 39.9 Å². The molecule has 3 aromatic heterocycles. The summed E-state index contributed by atoms with van der Waals surface area (Å²) in [5, 5.41) is 10.7. The van der Waals surface area contributed by atoms with Crippen LogP contribution < -0.4 is 0 Å². The van der Waals surface area contributed by atoms with E-state index in [9.17, 15) is 5.11 Å². The molecule has 7 rings (SSSR count). The smallest absolute Gasteiger partial charge is 0.149 e. The average Bonchev–Trinajstić information content (AvgIpc) is 3.42. The van der Waals surface area contributed by atoms with Crippen molar-refractivity contribution in [2.45, 2.75) is 0 Å². The Kier molecular flexibility index (Phi) is 5.87. The number of nitrogens with zero attached hydrogens (tertiary/aromatic N) is 4. The lowest BCUT2D eigenvalue weighted by Crippen LogP contribution is -1.97. The van der Waals surface area contributed by atoms with Crippen LogP contribution in [0.25, 0.3) is 61.8 Å². The average molecular weight is 517 g/mol. The molecule has 190 valence electrons. The molecule has 4 aromatic carbocycles. The van der Waals surface area contributed by atoms with E-state index < -0.39 is 0 Å². The summed E-state index contributed by atoms with van der Waals surface area (Å²) in [5.41, 5.74) is 9.14. The third-order valence-electron chi connectivity index (χ3n) is 7.03. The van der Waals surface area contributed by atoms with Gasteiger partial charge in [-0.1, -0.05) is 78.9 Å². The number of phenols is 1. The molecule has 0 radical (unpaired) electrons. The fraction of sp³-hybridized carbons (Fsp3) is 0. The zero-order chi connectivity index (χ0) is 26.9. The van der Waals surface area contributed by atoms with E-state index >= 15 is 0 Å². The Morgan fingerprint density at radius 3 is 2.08 bits per heavy atom. The summed E-state index contributed by atoms with van der Waals surface area (Å²) >= 11 is 0. The first-order valence-corrected chi connectivity index (χ1v) is 13.1. The predicted octanol–water partition coefficient (Wildman–Crippen LogP) is 8.19. The maximum atomic E-state index is 10.7. The number of aromatic nitrogens is 4. The molecule has 0 saturated heterocycles. The third-order valence-corrected chi connectivity index (χ3v) is 7.03. The molecule has 0 spiro atoms. The van der Waals surface area contributed by atoms with E-state index in [1.54, 1.807) is 6.07 Å². The Bertz CT molecular complexity index is 1960. The summed E-state index contributed by atoms with van der Waals surface area (Å²) < 4.78 is 2.07. The SMILES string of the molecule is Oc1ccccc1-c1nc2c(-c3cccc(-c4cc(-c5ccccc5)ccn4)c3)nccc2n1-c1ccccc1. The highest BCUT2D eigenvalue weighted by molar-refractivity contribution is 5.94. The van der Waals surface area contributed by atoms with Crippen LogP contribution in [0.5, 0.6) is 5.75 Å². The lowest BCUT2D eigenvalue weighted by Gasteiger charge is -2.10. The quantitative estimate of drug-likeness (QED) is 0.250. The van der Waals surface area contributed by atoms with Crippen LogP contribution in [0.3, 0.4) is 0 Å². The van der Waals surface area contributed by atoms with Gasteiger partial charge in [-0.05, 0) is 59.7 Å². The van der Waals surface area contributed by atoms with Crippen LogP contribution in [0.15, 0.2) is 140 Å². The first-order valence-electron chi connectivity index (χ1n) is 13.1. The van der Waals surface area contributed by atoms with Crippen molar-refractivity contribution in [1.29, 1.82) is 0 Å². The molecule has 40 heavy (non-hydrogen) atoms. The maximum absolute atomic E-state index is 10.7. The molecule has 0 unspecified atom stereocenters. The summed E-state index contributed by atoms with van der Waals surface area (Å²) in [6, 6.07) is 42.0. The molecular weight excluding hydrogens is 492 g/mol. The Balaban J connectivity index is 1.40. The fourth-order valence-corrected chi connectivity index (χ4v) is 5.12. The monoisotopic (exact) mass is 516 g/mol. The Morgan fingerprint density at radius 1 is 0.550 bits per heavy atom. The van der Waals surface area contributed by atoms with Gasteiger partial charge in [0.2, 0.25) is 0 Å². The fourth-order valence-electron chi connectivity index (χ4n) is 5.12. The second-order valence-corrected chi connectivity index (χ2v) is 9.53. The highest BCUT2D eigenvalue weighted by atomic mass is 16.3. The first-order chi connectivity index (χ1) is 19.8. The van der Waals surface area contributed by atoms with Crippen LogP contribution in [0.1, 0.15) is 0 Å². The molecule has 5 nitrogen and oxygen atoms in total. The van der Waals surface area contributed by atoms with Gasteiger partial charge in [-0.3, -0.25) is 14.5 Å². The van der Waals surface area contributed by atoms with Gasteiger partial charge in [-0.25, -0.2) is 4.98 Å². The summed E-state index contributed by atoms with van der Waals surface area (Å²) in [6.07, 6.45) is 3.66. The minimum absolute atomic E-state index is 0.177. The van der Waals surface area contributed by atoms with Crippen molar-refractivity contribution in [3.63, 3.8) is 0 Å². The molecule has 0 aliphatic carbocycles. The van der Waals surface area contributed by atoms with Crippen molar-refractivity contribution in [2.24, 2.45) is 0 Å². The van der Waals surface area contributed by atoms with E-state index in [1.165, 1.54) is 0 Å². The van der Waals surface area contributed by atoms with Gasteiger partial charge >= 0.3 is 0 Å². The van der Waals surface area contributed by atoms with Crippen LogP contribution >= 0.6 is 0 Å². The standard InChI is InChI=1S/C35H24N4O/c40-32-17-8-7-16-29(32)35-38-34-31(39(35)28-14-5-2-6-15-28)19-21-37-33(34)27-13-9-12-26(22-27)30-23-25(18-20-36-30)24-10-3-1-4-11-24/h1-23,40H. The number of rotatable bonds is 5. The first kappa shape index (κ1) is 23.6. The molecule has 0 fully saturated rings. The highest BCUT2D eigenvalue weighted by Crippen LogP contribution is 2.37. The van der Waals surface area contributed by atoms with Gasteiger partial charge in [0.15, 0.2) is 0 Å². The van der Waals surface area contributed by atoms with Gasteiger partial charge in [-0.15, -0.1) is 0 Å². The molecule has 0 saturated carbocycles. The maximum Gasteiger partial charge on any atom is 0.149 e. The number of pyridine rings is 2. The molecular formula is C35H24N4O. The summed E-state index contributed by atoms with van der Waals surface area (Å²) in [6.45, 7) is 0. The topological polar surface area (TPSA) is 63.8 Å². The van der Waals surface area contributed by atoms with Gasteiger partial charge in [0, 0.05) is 29.2 Å². The van der Waals surface area contributed by atoms with E-state index in [4.69, 9.17) is 9.97 Å². The minimum Gasteiger partial charge on any atom is -0.507 e. The van der Waals surface area contributed by atoms with Crippen molar-refractivity contribution < 1.29 is 5.11 Å². The molecule has 0 atom stereocenters. The van der Waals surface area contributed by atoms with Crippen molar-refractivity contribution in [3.8, 4) is 56.5 Å². The van der Waals surface area contributed by atoms with Crippen LogP contribution in [-0.4, -0.2) is 24.6 Å². The van der Waals surface area contributed by atoms with Crippen LogP contribution in [0.2, 0.25) is 0 Å². The van der Waals surface area contributed by atoms with Gasteiger partial charge in [-0.2, -0.15) is 0 Å². The van der Waals surface area contributed by atoms with Gasteiger partial charge in [0.1, 0.15) is 17.1 Å². The van der Waals surface area contributed by atoms with E-state index in [0.29, 0.717) is 11.4 Å². The van der Waals surface area contributed by atoms with Crippen molar-refractivity contribution in [2.75, 3.05) is 0 Å². The summed E-state index contributed by atoms with van der Waals surface area (Å²) in [4.78, 5) is 14.5. The van der Waals surface area contributed by atoms with E-state index in [-0.39, 0.29) is 5.75 Å². The van der Waals surface area contributed by atoms with Crippen LogP contribution in [0.4, 0.5) is 0 Å². The second kappa shape index (κ2) is 9.97. The Hall–Kier alpha value is -5.55. The highest BCUT2D eigenvalue weighted by Gasteiger charge is 2.20. The van der Waals surface area contributed by atoms with Gasteiger partial charge in [0.05, 0.1) is 22.5 Å². The number of benzene rings is 4. The van der Waals surface area contributed by atoms with E-state index in [0.717, 1.165) is 50.4 Å². The molecule has 7 aromatic rings. The molecule has 0 aliphatic rings. The summed E-state index contributed by atoms with van der Waals surface area (Å²) in [5.74, 6) is 0.831.